The molecule has 5 heavy (non-hydrogen) atoms. The molecule has 0 heterocycles. The van der Waals surface area contributed by atoms with Gasteiger partial charge in [0.15, 0.2) is 0 Å². The van der Waals surface area contributed by atoms with Crippen molar-refractivity contribution in [3.05, 3.63) is 0 Å². The molecule has 0 aromatic rings. The SMILES string of the molecule is [BH4-].[Cl][Cu][Cl].[Na+]. The van der Waals surface area contributed by atoms with Gasteiger partial charge in [0.1, 0.15) is 0 Å². The van der Waals surface area contributed by atoms with Crippen LogP contribution in [-0.4, -0.2) is 8.41 Å². The molecule has 33 valence electrons. The maximum absolute atomic E-state index is 4.67. The van der Waals surface area contributed by atoms with E-state index >= 15 is 0 Å². The smallest absolute Gasteiger partial charge is 1.00 e. The third-order valence-electron chi connectivity index (χ3n) is 0. The Bertz CT molecular complexity index is 9.61. The second-order valence-electron chi connectivity index (χ2n) is 0.0431. The number of rotatable bonds is 0. The van der Waals surface area contributed by atoms with Gasteiger partial charge in [0.25, 0.3) is 0 Å². The Balaban J connectivity index is -0.0000000200. The Morgan fingerprint density at radius 1 is 1.20 bits per heavy atom. The van der Waals surface area contributed by atoms with Gasteiger partial charge >= 0.3 is 62.9 Å². The molecular weight excluding hydrogens is 168 g/mol. The van der Waals surface area contributed by atoms with Crippen LogP contribution < -0.4 is 29.6 Å². The van der Waals surface area contributed by atoms with Crippen molar-refractivity contribution in [2.45, 2.75) is 0 Å². The van der Waals surface area contributed by atoms with E-state index in [-0.39, 0.29) is 38.0 Å². The van der Waals surface area contributed by atoms with Crippen molar-refractivity contribution in [2.24, 2.45) is 0 Å². The number of hydrogen-bond donors (Lipinski definition) is 0. The molecule has 0 aliphatic carbocycles. The summed E-state index contributed by atoms with van der Waals surface area (Å²) in [6, 6.07) is 0. The second kappa shape index (κ2) is 16.4. The van der Waals surface area contributed by atoms with Crippen molar-refractivity contribution in [3.63, 3.8) is 0 Å². The first-order valence-electron chi connectivity index (χ1n) is 0.228. The van der Waals surface area contributed by atoms with E-state index in [1.54, 1.807) is 0 Å². The largest absolute Gasteiger partial charge is 1.00 e. The molecule has 0 unspecified atom stereocenters. The first-order chi connectivity index (χ1) is 1.41. The van der Waals surface area contributed by atoms with Crippen molar-refractivity contribution < 1.29 is 42.7 Å². The van der Waals surface area contributed by atoms with Crippen LogP contribution in [0.15, 0.2) is 0 Å². The Morgan fingerprint density at radius 2 is 1.20 bits per heavy atom. The van der Waals surface area contributed by atoms with E-state index in [4.69, 9.17) is 0 Å². The summed E-state index contributed by atoms with van der Waals surface area (Å²) >= 11 is 0.757. The van der Waals surface area contributed by atoms with Crippen molar-refractivity contribution in [1.29, 1.82) is 0 Å². The zero-order valence-electron chi connectivity index (χ0n) is 2.06. The second-order valence-corrected chi connectivity index (χ2v) is 1.60. The molecule has 5 heteroatoms. The monoisotopic (exact) mass is 171 g/mol. The van der Waals surface area contributed by atoms with E-state index < -0.39 is 0 Å². The number of halogens is 2. The molecule has 0 radical (unpaired) electrons. The quantitative estimate of drug-likeness (QED) is 0.340. The molecule has 0 fully saturated rings. The Hall–Kier alpha value is 2.16. The van der Waals surface area contributed by atoms with Crippen molar-refractivity contribution in [3.8, 4) is 0 Å². The normalized spacial score (nSPS) is 4.40. The van der Waals surface area contributed by atoms with Crippen LogP contribution in [0.3, 0.4) is 0 Å². The van der Waals surface area contributed by atoms with E-state index in [1.165, 1.54) is 0 Å². The first kappa shape index (κ1) is 15.7. The van der Waals surface area contributed by atoms with Crippen molar-refractivity contribution >= 4 is 28.6 Å². The van der Waals surface area contributed by atoms with Gasteiger partial charge in [-0.3, -0.25) is 0 Å². The van der Waals surface area contributed by atoms with Crippen LogP contribution in [0.4, 0.5) is 0 Å². The summed E-state index contributed by atoms with van der Waals surface area (Å²) < 4.78 is 0. The molecule has 0 spiro atoms. The van der Waals surface area contributed by atoms with Crippen LogP contribution in [0.5, 0.6) is 0 Å². The summed E-state index contributed by atoms with van der Waals surface area (Å²) in [7, 11) is 9.34. The van der Waals surface area contributed by atoms with E-state index in [9.17, 15) is 0 Å². The molecule has 0 saturated carbocycles. The van der Waals surface area contributed by atoms with Crippen molar-refractivity contribution in [1.82, 2.24) is 0 Å². The van der Waals surface area contributed by atoms with Crippen LogP contribution in [-0.2, 0) is 13.1 Å². The third-order valence-corrected chi connectivity index (χ3v) is 0. The molecule has 0 aliphatic heterocycles. The van der Waals surface area contributed by atoms with Crippen LogP contribution in [0.1, 0.15) is 0 Å². The minimum atomic E-state index is 0. The third kappa shape index (κ3) is 22.8. The maximum atomic E-state index is 4.67. The summed E-state index contributed by atoms with van der Waals surface area (Å²) in [6.45, 7) is 0. The minimum Gasteiger partial charge on any atom is 1.00 e. The molecular formula is H4BCl2CuNa. The average Bonchev–Trinajstić information content (AvgIpc) is 0.918. The molecule has 0 atom stereocenters. The molecule has 0 bridgehead atoms. The van der Waals surface area contributed by atoms with Gasteiger partial charge in [-0.2, -0.15) is 0 Å². The molecule has 0 aromatic heterocycles. The zero-order valence-corrected chi connectivity index (χ0v) is 6.51. The Kier molecular flexibility index (Phi) is 51.6. The van der Waals surface area contributed by atoms with Gasteiger partial charge in [-0.05, 0) is 0 Å². The van der Waals surface area contributed by atoms with Gasteiger partial charge in [-0.25, -0.2) is 0 Å². The first-order valence-corrected chi connectivity index (χ1v) is 2.82. The summed E-state index contributed by atoms with van der Waals surface area (Å²) in [6.07, 6.45) is 0. The summed E-state index contributed by atoms with van der Waals surface area (Å²) in [5.74, 6) is 0. The molecule has 0 amide bonds. The molecule has 0 saturated heterocycles. The van der Waals surface area contributed by atoms with Gasteiger partial charge < -0.3 is 0 Å². The Morgan fingerprint density at radius 3 is 1.20 bits per heavy atom. The van der Waals surface area contributed by atoms with E-state index in [2.05, 4.69) is 20.2 Å². The molecule has 0 nitrogen and oxygen atoms in total. The summed E-state index contributed by atoms with van der Waals surface area (Å²) in [5, 5.41) is 0. The summed E-state index contributed by atoms with van der Waals surface area (Å²) in [5.41, 5.74) is 0. The predicted octanol–water partition coefficient (Wildman–Crippen LogP) is -3.07. The fourth-order valence-corrected chi connectivity index (χ4v) is 0. The van der Waals surface area contributed by atoms with Gasteiger partial charge in [0, 0.05) is 0 Å². The summed E-state index contributed by atoms with van der Waals surface area (Å²) in [4.78, 5) is 0. The van der Waals surface area contributed by atoms with Crippen LogP contribution in [0.25, 0.3) is 0 Å². The van der Waals surface area contributed by atoms with Crippen LogP contribution in [0.2, 0.25) is 0 Å². The maximum Gasteiger partial charge on any atom is 1.00 e. The standard InChI is InChI=1S/BH4.2ClH.Cu.Na/h1H4;2*1H;;/q-1;;;+2;+1/p-2. The molecule has 0 aliphatic rings. The molecule has 0 aromatic carbocycles. The van der Waals surface area contributed by atoms with Crippen LogP contribution in [0, 0.1) is 0 Å². The zero-order chi connectivity index (χ0) is 2.71. The predicted molar refractivity (Wildman–Crippen MR) is 23.0 cm³/mol. The molecule has 0 rings (SSSR count). The van der Waals surface area contributed by atoms with Crippen molar-refractivity contribution in [2.75, 3.05) is 0 Å². The number of hydrogen-bond acceptors (Lipinski definition) is 0. The van der Waals surface area contributed by atoms with Gasteiger partial charge in [0.2, 0.25) is 0 Å². The Labute approximate surface area is 70.5 Å². The fraction of sp³-hybridized carbons (Fsp3) is 0. The molecule has 0 N–H and O–H groups in total. The average molecular weight is 172 g/mol. The van der Waals surface area contributed by atoms with Gasteiger partial charge in [-0.1, -0.05) is 8.41 Å². The van der Waals surface area contributed by atoms with Gasteiger partial charge in [-0.15, -0.1) is 0 Å². The topological polar surface area (TPSA) is 0 Å². The fourth-order valence-electron chi connectivity index (χ4n) is 0. The van der Waals surface area contributed by atoms with E-state index in [1.807, 2.05) is 0 Å². The minimum absolute atomic E-state index is 0. The van der Waals surface area contributed by atoms with E-state index in [0.29, 0.717) is 0 Å². The van der Waals surface area contributed by atoms with E-state index in [0.717, 1.165) is 13.1 Å². The van der Waals surface area contributed by atoms with Crippen LogP contribution >= 0.6 is 20.2 Å². The van der Waals surface area contributed by atoms with Gasteiger partial charge in [0.05, 0.1) is 0 Å².